The summed E-state index contributed by atoms with van der Waals surface area (Å²) < 4.78 is 39.6. The Bertz CT molecular complexity index is 794. The molecule has 0 bridgehead atoms. The number of nitrogens with zero attached hydrogens (tertiary/aromatic N) is 2. The molecule has 130 valence electrons. The highest BCUT2D eigenvalue weighted by Gasteiger charge is 2.36. The van der Waals surface area contributed by atoms with E-state index < -0.39 is 17.3 Å². The lowest BCUT2D eigenvalue weighted by molar-refractivity contribution is -0.140. The fraction of sp³-hybridized carbons (Fsp3) is 0.500. The Balaban J connectivity index is 1.96. The summed E-state index contributed by atoms with van der Waals surface area (Å²) in [6, 6.07) is 2.72. The quantitative estimate of drug-likeness (QED) is 0.883. The van der Waals surface area contributed by atoms with Crippen molar-refractivity contribution in [3.05, 3.63) is 29.1 Å². The van der Waals surface area contributed by atoms with Crippen LogP contribution >= 0.6 is 0 Å². The van der Waals surface area contributed by atoms with Crippen molar-refractivity contribution >= 4 is 16.9 Å². The van der Waals surface area contributed by atoms with Gasteiger partial charge in [-0.2, -0.15) is 13.2 Å². The molecule has 0 spiro atoms. The van der Waals surface area contributed by atoms with Gasteiger partial charge in [-0.15, -0.1) is 0 Å². The summed E-state index contributed by atoms with van der Waals surface area (Å²) in [5, 5.41) is 3.12. The molecule has 24 heavy (non-hydrogen) atoms. The SMILES string of the molecule is Cc1cc(C(F)(F)F)c2nc(CN3CCNC(C)(C)C3=O)[nH]c2c1. The molecule has 0 radical (unpaired) electrons. The van der Waals surface area contributed by atoms with Crippen molar-refractivity contribution in [2.24, 2.45) is 0 Å². The van der Waals surface area contributed by atoms with Crippen LogP contribution in [0.1, 0.15) is 30.8 Å². The molecule has 1 aromatic carbocycles. The first-order valence-corrected chi connectivity index (χ1v) is 7.69. The molecule has 8 heteroatoms. The maximum absolute atomic E-state index is 13.2. The van der Waals surface area contributed by atoms with Crippen LogP contribution in [0.15, 0.2) is 12.1 Å². The van der Waals surface area contributed by atoms with Crippen molar-refractivity contribution < 1.29 is 18.0 Å². The number of hydrogen-bond donors (Lipinski definition) is 2. The van der Waals surface area contributed by atoms with Crippen LogP contribution in [-0.2, 0) is 17.5 Å². The van der Waals surface area contributed by atoms with Crippen LogP contribution in [0.2, 0.25) is 0 Å². The minimum atomic E-state index is -4.47. The number of aromatic amines is 1. The number of hydrogen-bond acceptors (Lipinski definition) is 3. The van der Waals surface area contributed by atoms with Gasteiger partial charge in [0.1, 0.15) is 11.3 Å². The van der Waals surface area contributed by atoms with E-state index in [2.05, 4.69) is 15.3 Å². The number of alkyl halides is 3. The number of carbonyl (C=O) groups excluding carboxylic acids is 1. The Morgan fingerprint density at radius 3 is 2.71 bits per heavy atom. The third-order valence-electron chi connectivity index (χ3n) is 4.20. The lowest BCUT2D eigenvalue weighted by Gasteiger charge is -2.37. The lowest BCUT2D eigenvalue weighted by atomic mass is 10.0. The van der Waals surface area contributed by atoms with E-state index in [1.165, 1.54) is 0 Å². The number of nitrogens with one attached hydrogen (secondary N) is 2. The zero-order valence-electron chi connectivity index (χ0n) is 13.7. The minimum absolute atomic E-state index is 0.0959. The van der Waals surface area contributed by atoms with Crippen LogP contribution in [0, 0.1) is 6.92 Å². The van der Waals surface area contributed by atoms with E-state index in [0.717, 1.165) is 6.07 Å². The number of halogens is 3. The molecule has 0 atom stereocenters. The number of H-pyrrole nitrogens is 1. The van der Waals surface area contributed by atoms with E-state index in [1.54, 1.807) is 31.7 Å². The fourth-order valence-electron chi connectivity index (χ4n) is 3.01. The van der Waals surface area contributed by atoms with Gasteiger partial charge >= 0.3 is 6.18 Å². The summed E-state index contributed by atoms with van der Waals surface area (Å²) in [5.41, 5.74) is -0.710. The van der Waals surface area contributed by atoms with Crippen LogP contribution in [-0.4, -0.2) is 39.4 Å². The van der Waals surface area contributed by atoms with Crippen LogP contribution < -0.4 is 5.32 Å². The molecule has 1 aromatic heterocycles. The summed E-state index contributed by atoms with van der Waals surface area (Å²) in [6.45, 7) is 6.46. The van der Waals surface area contributed by atoms with Crippen LogP contribution in [0.4, 0.5) is 13.2 Å². The predicted molar refractivity (Wildman–Crippen MR) is 83.3 cm³/mol. The Morgan fingerprint density at radius 1 is 1.33 bits per heavy atom. The van der Waals surface area contributed by atoms with Crippen molar-refractivity contribution in [1.29, 1.82) is 0 Å². The van der Waals surface area contributed by atoms with Crippen molar-refractivity contribution in [2.75, 3.05) is 13.1 Å². The van der Waals surface area contributed by atoms with Gasteiger partial charge in [0, 0.05) is 13.1 Å². The average Bonchev–Trinajstić information content (AvgIpc) is 2.84. The maximum Gasteiger partial charge on any atom is 0.418 e. The third kappa shape index (κ3) is 2.98. The highest BCUT2D eigenvalue weighted by atomic mass is 19.4. The molecule has 0 unspecified atom stereocenters. The van der Waals surface area contributed by atoms with Gasteiger partial charge in [-0.3, -0.25) is 4.79 Å². The van der Waals surface area contributed by atoms with Gasteiger partial charge in [0.25, 0.3) is 0 Å². The number of amides is 1. The number of fused-ring (bicyclic) bond motifs is 1. The molecule has 2 heterocycles. The van der Waals surface area contributed by atoms with Crippen LogP contribution in [0.25, 0.3) is 11.0 Å². The van der Waals surface area contributed by atoms with Gasteiger partial charge in [-0.25, -0.2) is 4.98 Å². The monoisotopic (exact) mass is 340 g/mol. The average molecular weight is 340 g/mol. The Hall–Kier alpha value is -2.09. The lowest BCUT2D eigenvalue weighted by Crippen LogP contribution is -2.60. The number of imidazole rings is 1. The van der Waals surface area contributed by atoms with Gasteiger partial charge in [0.05, 0.1) is 23.2 Å². The van der Waals surface area contributed by atoms with Crippen molar-refractivity contribution in [3.8, 4) is 0 Å². The molecule has 3 rings (SSSR count). The molecule has 1 fully saturated rings. The van der Waals surface area contributed by atoms with Gasteiger partial charge in [-0.1, -0.05) is 0 Å². The second-order valence-electron chi connectivity index (χ2n) is 6.67. The normalized spacial score (nSPS) is 18.4. The molecule has 0 saturated carbocycles. The third-order valence-corrected chi connectivity index (χ3v) is 4.20. The molecule has 1 aliphatic rings. The fourth-order valence-corrected chi connectivity index (χ4v) is 3.01. The molecular weight excluding hydrogens is 321 g/mol. The van der Waals surface area contributed by atoms with Crippen molar-refractivity contribution in [2.45, 2.75) is 39.0 Å². The van der Waals surface area contributed by atoms with Gasteiger partial charge in [0.15, 0.2) is 0 Å². The van der Waals surface area contributed by atoms with Crippen molar-refractivity contribution in [3.63, 3.8) is 0 Å². The van der Waals surface area contributed by atoms with Crippen LogP contribution in [0.5, 0.6) is 0 Å². The number of aryl methyl sites for hydroxylation is 1. The van der Waals surface area contributed by atoms with E-state index in [0.29, 0.717) is 30.0 Å². The predicted octanol–water partition coefficient (Wildman–Crippen LogP) is 2.60. The minimum Gasteiger partial charge on any atom is -0.340 e. The molecule has 2 aromatic rings. The first kappa shape index (κ1) is 16.8. The Kier molecular flexibility index (Phi) is 3.82. The standard InChI is InChI=1S/C16H19F3N4O/c1-9-6-10(16(17,18)19)13-11(7-9)21-12(22-13)8-23-5-4-20-15(2,3)14(23)24/h6-7,20H,4-5,8H2,1-3H3,(H,21,22). The second-order valence-corrected chi connectivity index (χ2v) is 6.67. The van der Waals surface area contributed by atoms with Gasteiger partial charge in [0.2, 0.25) is 5.91 Å². The molecular formula is C16H19F3N4O. The summed E-state index contributed by atoms with van der Waals surface area (Å²) in [4.78, 5) is 21.0. The number of rotatable bonds is 2. The van der Waals surface area contributed by atoms with E-state index in [9.17, 15) is 18.0 Å². The molecule has 1 amide bonds. The maximum atomic E-state index is 13.2. The molecule has 1 aliphatic heterocycles. The number of carbonyl (C=O) groups is 1. The van der Waals surface area contributed by atoms with E-state index >= 15 is 0 Å². The molecule has 1 saturated heterocycles. The summed E-state index contributed by atoms with van der Waals surface area (Å²) in [5.74, 6) is 0.258. The molecule has 2 N–H and O–H groups in total. The van der Waals surface area contributed by atoms with E-state index in [-0.39, 0.29) is 18.0 Å². The summed E-state index contributed by atoms with van der Waals surface area (Å²) >= 11 is 0. The Morgan fingerprint density at radius 2 is 2.04 bits per heavy atom. The molecule has 5 nitrogen and oxygen atoms in total. The second kappa shape index (κ2) is 5.47. The molecule has 0 aliphatic carbocycles. The first-order valence-electron chi connectivity index (χ1n) is 7.69. The zero-order chi connectivity index (χ0) is 17.7. The smallest absolute Gasteiger partial charge is 0.340 e. The first-order chi connectivity index (χ1) is 11.1. The number of aromatic nitrogens is 2. The van der Waals surface area contributed by atoms with Crippen molar-refractivity contribution in [1.82, 2.24) is 20.2 Å². The van der Waals surface area contributed by atoms with Gasteiger partial charge in [-0.05, 0) is 38.5 Å². The van der Waals surface area contributed by atoms with Gasteiger partial charge < -0.3 is 15.2 Å². The largest absolute Gasteiger partial charge is 0.418 e. The number of benzene rings is 1. The summed E-state index contributed by atoms with van der Waals surface area (Å²) in [6.07, 6.45) is -4.47. The highest BCUT2D eigenvalue weighted by molar-refractivity contribution is 5.86. The highest BCUT2D eigenvalue weighted by Crippen LogP contribution is 2.35. The van der Waals surface area contributed by atoms with E-state index in [1.807, 2.05) is 0 Å². The Labute approximate surface area is 137 Å². The van der Waals surface area contributed by atoms with Crippen LogP contribution in [0.3, 0.4) is 0 Å². The summed E-state index contributed by atoms with van der Waals surface area (Å²) in [7, 11) is 0. The zero-order valence-corrected chi connectivity index (χ0v) is 13.7. The number of piperazine rings is 1. The van der Waals surface area contributed by atoms with E-state index in [4.69, 9.17) is 0 Å². The topological polar surface area (TPSA) is 61.0 Å².